The van der Waals surface area contributed by atoms with Gasteiger partial charge in [0, 0.05) is 11.7 Å². The van der Waals surface area contributed by atoms with Gasteiger partial charge in [-0.3, -0.25) is 0 Å². The number of rotatable bonds is 6. The Kier molecular flexibility index (Phi) is 3.73. The second-order valence-electron chi connectivity index (χ2n) is 5.36. The lowest BCUT2D eigenvalue weighted by atomic mass is 10.2. The molecule has 2 aromatic rings. The molecule has 0 saturated heterocycles. The first-order valence-corrected chi connectivity index (χ1v) is 8.52. The van der Waals surface area contributed by atoms with Crippen LogP contribution in [0.25, 0.3) is 0 Å². The van der Waals surface area contributed by atoms with Gasteiger partial charge in [-0.05, 0) is 42.7 Å². The van der Waals surface area contributed by atoms with Crippen LogP contribution in [0.3, 0.4) is 0 Å². The zero-order valence-electron chi connectivity index (χ0n) is 11.6. The number of nitrogen functional groups attached to an aromatic ring is 1. The maximum absolute atomic E-state index is 12.7. The fourth-order valence-electron chi connectivity index (χ4n) is 2.35. The van der Waals surface area contributed by atoms with Crippen LogP contribution in [0.2, 0.25) is 0 Å². The second-order valence-corrected chi connectivity index (χ2v) is 7.28. The van der Waals surface area contributed by atoms with Gasteiger partial charge in [0.05, 0.1) is 18.6 Å². The van der Waals surface area contributed by atoms with Crippen molar-refractivity contribution in [3.8, 4) is 0 Å². The summed E-state index contributed by atoms with van der Waals surface area (Å²) in [4.78, 5) is 0. The van der Waals surface area contributed by atoms with E-state index in [1.165, 1.54) is 0 Å². The molecule has 6 heteroatoms. The normalized spacial score (nSPS) is 15.5. The minimum absolute atomic E-state index is 0.0325. The number of hydrogen-bond donors (Lipinski definition) is 1. The third-order valence-electron chi connectivity index (χ3n) is 3.50. The smallest absolute Gasteiger partial charge is 0.218 e. The van der Waals surface area contributed by atoms with Gasteiger partial charge < -0.3 is 10.2 Å². The average molecular weight is 306 g/mol. The number of anilines is 1. The number of furan rings is 1. The minimum Gasteiger partial charge on any atom is -0.468 e. The number of nitrogens with two attached hydrogens (primary N) is 1. The first kappa shape index (κ1) is 14.2. The van der Waals surface area contributed by atoms with Gasteiger partial charge in [-0.15, -0.1) is 0 Å². The fraction of sp³-hybridized carbons (Fsp3) is 0.333. The lowest BCUT2D eigenvalue weighted by Crippen LogP contribution is -2.33. The van der Waals surface area contributed by atoms with Crippen molar-refractivity contribution in [2.45, 2.75) is 31.2 Å². The molecule has 1 aliphatic carbocycles. The van der Waals surface area contributed by atoms with Crippen LogP contribution in [0.4, 0.5) is 5.69 Å². The zero-order valence-corrected chi connectivity index (χ0v) is 12.4. The monoisotopic (exact) mass is 306 g/mol. The topological polar surface area (TPSA) is 76.5 Å². The molecular formula is C15H18N2O3S. The Labute approximate surface area is 124 Å². The van der Waals surface area contributed by atoms with Crippen LogP contribution in [0.1, 0.15) is 24.2 Å². The van der Waals surface area contributed by atoms with E-state index in [1.807, 2.05) is 0 Å². The van der Waals surface area contributed by atoms with Gasteiger partial charge in [0.1, 0.15) is 5.76 Å². The summed E-state index contributed by atoms with van der Waals surface area (Å²) in [5.41, 5.74) is 7.00. The Morgan fingerprint density at radius 1 is 1.24 bits per heavy atom. The molecular weight excluding hydrogens is 288 g/mol. The third kappa shape index (κ3) is 3.46. The number of hydrogen-bond acceptors (Lipinski definition) is 4. The van der Waals surface area contributed by atoms with Gasteiger partial charge in [-0.2, -0.15) is 4.31 Å². The molecule has 1 saturated carbocycles. The Bertz CT molecular complexity index is 706. The Hall–Kier alpha value is -1.79. The number of benzene rings is 1. The molecule has 1 fully saturated rings. The molecule has 0 amide bonds. The predicted molar refractivity (Wildman–Crippen MR) is 80.8 cm³/mol. The van der Waals surface area contributed by atoms with Crippen LogP contribution in [0.5, 0.6) is 0 Å². The van der Waals surface area contributed by atoms with E-state index in [-0.39, 0.29) is 11.8 Å². The molecule has 112 valence electrons. The predicted octanol–water partition coefficient (Wildman–Crippen LogP) is 2.36. The van der Waals surface area contributed by atoms with Crippen LogP contribution in [0.15, 0.2) is 47.1 Å². The highest BCUT2D eigenvalue weighted by Crippen LogP contribution is 2.32. The van der Waals surface area contributed by atoms with Crippen molar-refractivity contribution in [1.82, 2.24) is 4.31 Å². The van der Waals surface area contributed by atoms with Crippen molar-refractivity contribution in [2.24, 2.45) is 0 Å². The Morgan fingerprint density at radius 3 is 2.67 bits per heavy atom. The third-order valence-corrected chi connectivity index (χ3v) is 5.34. The summed E-state index contributed by atoms with van der Waals surface area (Å²) in [5.74, 6) is 0.632. The van der Waals surface area contributed by atoms with E-state index in [1.54, 1.807) is 47.0 Å². The molecule has 0 spiro atoms. The van der Waals surface area contributed by atoms with Crippen molar-refractivity contribution in [1.29, 1.82) is 0 Å². The first-order chi connectivity index (χ1) is 10.0. The van der Waals surface area contributed by atoms with Crippen LogP contribution in [-0.2, 0) is 22.3 Å². The SMILES string of the molecule is Nc1cccc(CS(=O)(=O)N(Cc2ccco2)C2CC2)c1. The van der Waals surface area contributed by atoms with Gasteiger partial charge in [0.15, 0.2) is 0 Å². The van der Waals surface area contributed by atoms with Crippen molar-refractivity contribution < 1.29 is 12.8 Å². The highest BCUT2D eigenvalue weighted by Gasteiger charge is 2.37. The van der Waals surface area contributed by atoms with Gasteiger partial charge in [0.25, 0.3) is 0 Å². The summed E-state index contributed by atoms with van der Waals surface area (Å²) < 4.78 is 32.2. The summed E-state index contributed by atoms with van der Waals surface area (Å²) in [5, 5.41) is 0. The molecule has 1 aromatic heterocycles. The molecule has 0 bridgehead atoms. The van der Waals surface area contributed by atoms with E-state index in [4.69, 9.17) is 10.2 Å². The minimum atomic E-state index is -3.39. The van der Waals surface area contributed by atoms with E-state index in [0.717, 1.165) is 12.8 Å². The molecule has 2 N–H and O–H groups in total. The maximum Gasteiger partial charge on any atom is 0.218 e. The summed E-state index contributed by atoms with van der Waals surface area (Å²) in [6.45, 7) is 0.294. The molecule has 0 radical (unpaired) electrons. The molecule has 0 atom stereocenters. The fourth-order valence-corrected chi connectivity index (χ4v) is 4.11. The second kappa shape index (κ2) is 5.54. The van der Waals surface area contributed by atoms with Crippen LogP contribution in [0, 0.1) is 0 Å². The van der Waals surface area contributed by atoms with Crippen LogP contribution >= 0.6 is 0 Å². The van der Waals surface area contributed by atoms with E-state index >= 15 is 0 Å². The van der Waals surface area contributed by atoms with E-state index < -0.39 is 10.0 Å². The van der Waals surface area contributed by atoms with Gasteiger partial charge in [0.2, 0.25) is 10.0 Å². The van der Waals surface area contributed by atoms with Crippen molar-refractivity contribution in [3.05, 3.63) is 54.0 Å². The molecule has 5 nitrogen and oxygen atoms in total. The van der Waals surface area contributed by atoms with Crippen molar-refractivity contribution in [3.63, 3.8) is 0 Å². The van der Waals surface area contributed by atoms with E-state index in [9.17, 15) is 8.42 Å². The summed E-state index contributed by atoms with van der Waals surface area (Å²) >= 11 is 0. The Balaban J connectivity index is 1.80. The summed E-state index contributed by atoms with van der Waals surface area (Å²) in [6, 6.07) is 10.7. The highest BCUT2D eigenvalue weighted by molar-refractivity contribution is 7.88. The molecule has 3 rings (SSSR count). The number of sulfonamides is 1. The summed E-state index contributed by atoms with van der Waals surface area (Å²) in [7, 11) is -3.39. The van der Waals surface area contributed by atoms with Gasteiger partial charge in [-0.1, -0.05) is 12.1 Å². The standard InChI is InChI=1S/C15H18N2O3S/c16-13-4-1-3-12(9-13)11-21(18,19)17(14-6-7-14)10-15-5-2-8-20-15/h1-5,8-9,14H,6-7,10-11,16H2. The Morgan fingerprint density at radius 2 is 2.05 bits per heavy atom. The van der Waals surface area contributed by atoms with Gasteiger partial charge >= 0.3 is 0 Å². The lowest BCUT2D eigenvalue weighted by Gasteiger charge is -2.21. The van der Waals surface area contributed by atoms with E-state index in [0.29, 0.717) is 23.6 Å². The van der Waals surface area contributed by atoms with Crippen molar-refractivity contribution >= 4 is 15.7 Å². The lowest BCUT2D eigenvalue weighted by molar-refractivity contribution is 0.356. The largest absolute Gasteiger partial charge is 0.468 e. The number of nitrogens with zero attached hydrogens (tertiary/aromatic N) is 1. The van der Waals surface area contributed by atoms with Crippen LogP contribution < -0.4 is 5.73 Å². The molecule has 1 aliphatic rings. The van der Waals surface area contributed by atoms with Crippen molar-refractivity contribution in [2.75, 3.05) is 5.73 Å². The molecule has 1 heterocycles. The zero-order chi connectivity index (χ0) is 14.9. The van der Waals surface area contributed by atoms with Gasteiger partial charge in [-0.25, -0.2) is 8.42 Å². The maximum atomic E-state index is 12.7. The molecule has 1 aromatic carbocycles. The molecule has 0 aliphatic heterocycles. The first-order valence-electron chi connectivity index (χ1n) is 6.91. The molecule has 0 unspecified atom stereocenters. The van der Waals surface area contributed by atoms with E-state index in [2.05, 4.69) is 0 Å². The quantitative estimate of drug-likeness (QED) is 0.831. The van der Waals surface area contributed by atoms with Crippen LogP contribution in [-0.4, -0.2) is 18.8 Å². The summed E-state index contributed by atoms with van der Waals surface area (Å²) in [6.07, 6.45) is 3.39. The molecule has 21 heavy (non-hydrogen) atoms. The average Bonchev–Trinajstić information content (AvgIpc) is 3.11. The highest BCUT2D eigenvalue weighted by atomic mass is 32.2.